The summed E-state index contributed by atoms with van der Waals surface area (Å²) in [7, 11) is 1.37. The molecule has 2 aliphatic rings. The molecule has 1 amide bonds. The van der Waals surface area contributed by atoms with Gasteiger partial charge in [0.2, 0.25) is 0 Å². The van der Waals surface area contributed by atoms with Gasteiger partial charge in [-0.1, -0.05) is 42.0 Å². The molecule has 5 nitrogen and oxygen atoms in total. The van der Waals surface area contributed by atoms with Crippen molar-refractivity contribution >= 4 is 28.3 Å². The molecular formula is C28H30FN3O2. The number of allylic oxidation sites excluding steroid dienone is 2. The van der Waals surface area contributed by atoms with Crippen LogP contribution in [0.25, 0.3) is 27.6 Å². The molecular weight excluding hydrogens is 429 g/mol. The molecule has 1 heterocycles. The fourth-order valence-electron chi connectivity index (χ4n) is 5.29. The lowest BCUT2D eigenvalue weighted by Crippen LogP contribution is -2.35. The highest BCUT2D eigenvalue weighted by molar-refractivity contribution is 5.95. The molecule has 0 bridgehead atoms. The molecule has 2 aromatic carbocycles. The highest BCUT2D eigenvalue weighted by atomic mass is 19.1. The number of aromatic nitrogens is 1. The number of H-pyrrole nitrogens is 1. The number of halogens is 1. The number of carbonyl (C=O) groups is 1. The van der Waals surface area contributed by atoms with Gasteiger partial charge in [0.15, 0.2) is 5.82 Å². The van der Waals surface area contributed by atoms with Crippen molar-refractivity contribution in [2.24, 2.45) is 0 Å². The fraction of sp³-hybridized carbons (Fsp3) is 0.321. The van der Waals surface area contributed by atoms with Gasteiger partial charge in [-0.3, -0.25) is 0 Å². The number of rotatable bonds is 5. The lowest BCUT2D eigenvalue weighted by atomic mass is 9.82. The number of methoxy groups -OCH3 is 1. The summed E-state index contributed by atoms with van der Waals surface area (Å²) in [5, 5.41) is 3.80. The number of anilines is 1. The number of nitrogens with zero attached hydrogens (tertiary/aromatic N) is 1. The highest BCUT2D eigenvalue weighted by Crippen LogP contribution is 2.41. The molecule has 176 valence electrons. The van der Waals surface area contributed by atoms with Crippen molar-refractivity contribution in [2.45, 2.75) is 39.2 Å². The summed E-state index contributed by atoms with van der Waals surface area (Å²) >= 11 is 0. The normalized spacial score (nSPS) is 16.9. The van der Waals surface area contributed by atoms with Gasteiger partial charge in [0.25, 0.3) is 0 Å². The van der Waals surface area contributed by atoms with Gasteiger partial charge in [-0.15, -0.1) is 0 Å². The maximum atomic E-state index is 15.8. The van der Waals surface area contributed by atoms with E-state index in [1.165, 1.54) is 18.2 Å². The Hall–Kier alpha value is -3.54. The summed E-state index contributed by atoms with van der Waals surface area (Å²) < 4.78 is 20.5. The lowest BCUT2D eigenvalue weighted by molar-refractivity contribution is 0.168. The van der Waals surface area contributed by atoms with E-state index in [4.69, 9.17) is 4.74 Å². The zero-order valence-electron chi connectivity index (χ0n) is 19.9. The van der Waals surface area contributed by atoms with Crippen LogP contribution in [0, 0.1) is 5.82 Å². The van der Waals surface area contributed by atoms with Crippen LogP contribution in [0.1, 0.15) is 37.9 Å². The summed E-state index contributed by atoms with van der Waals surface area (Å²) in [4.78, 5) is 17.3. The second-order valence-electron chi connectivity index (χ2n) is 8.87. The van der Waals surface area contributed by atoms with E-state index in [0.29, 0.717) is 11.1 Å². The molecule has 0 saturated carbocycles. The lowest BCUT2D eigenvalue weighted by Gasteiger charge is -2.26. The number of hydrogen-bond donors (Lipinski definition) is 2. The van der Waals surface area contributed by atoms with Crippen molar-refractivity contribution in [1.29, 1.82) is 0 Å². The molecule has 2 N–H and O–H groups in total. The van der Waals surface area contributed by atoms with Gasteiger partial charge < -0.3 is 19.9 Å². The zero-order chi connectivity index (χ0) is 23.8. The van der Waals surface area contributed by atoms with Crippen LogP contribution >= 0.6 is 0 Å². The number of carbonyl (C=O) groups excluding carboxylic acids is 1. The van der Waals surface area contributed by atoms with Crippen LogP contribution in [0.5, 0.6) is 0 Å². The molecule has 0 radical (unpaired) electrons. The number of hydrogen-bond acceptors (Lipinski definition) is 3. The van der Waals surface area contributed by atoms with Crippen molar-refractivity contribution in [1.82, 2.24) is 10.3 Å². The van der Waals surface area contributed by atoms with Gasteiger partial charge in [-0.2, -0.15) is 0 Å². The molecule has 0 saturated heterocycles. The van der Waals surface area contributed by atoms with Crippen LogP contribution in [0.2, 0.25) is 0 Å². The first-order valence-corrected chi connectivity index (χ1v) is 12.0. The maximum absolute atomic E-state index is 15.8. The van der Waals surface area contributed by atoms with Gasteiger partial charge in [0.1, 0.15) is 0 Å². The number of amides is 1. The Morgan fingerprint density at radius 3 is 2.62 bits per heavy atom. The van der Waals surface area contributed by atoms with Crippen molar-refractivity contribution < 1.29 is 13.9 Å². The molecule has 0 aliphatic heterocycles. The summed E-state index contributed by atoms with van der Waals surface area (Å²) in [6.07, 6.45) is 6.08. The molecule has 3 aromatic rings. The third-order valence-corrected chi connectivity index (χ3v) is 7.10. The first kappa shape index (κ1) is 22.3. The summed E-state index contributed by atoms with van der Waals surface area (Å²) in [5.41, 5.74) is 7.74. The molecule has 34 heavy (non-hydrogen) atoms. The van der Waals surface area contributed by atoms with Crippen LogP contribution in [0.4, 0.5) is 14.9 Å². The minimum absolute atomic E-state index is 0.0835. The number of aryl methyl sites for hydroxylation is 1. The Labute approximate surface area is 199 Å². The van der Waals surface area contributed by atoms with Crippen LogP contribution in [0.15, 0.2) is 54.1 Å². The Bertz CT molecular complexity index is 1300. The average molecular weight is 460 g/mol. The first-order chi connectivity index (χ1) is 16.5. The monoisotopic (exact) mass is 459 g/mol. The van der Waals surface area contributed by atoms with Crippen molar-refractivity contribution in [3.8, 4) is 11.1 Å². The van der Waals surface area contributed by atoms with Gasteiger partial charge in [0, 0.05) is 35.4 Å². The van der Waals surface area contributed by atoms with Crippen LogP contribution in [-0.2, 0) is 11.2 Å². The first-order valence-electron chi connectivity index (χ1n) is 12.0. The van der Waals surface area contributed by atoms with Crippen LogP contribution in [0.3, 0.4) is 0 Å². The third-order valence-electron chi connectivity index (χ3n) is 7.10. The maximum Gasteiger partial charge on any atom is 0.407 e. The highest BCUT2D eigenvalue weighted by Gasteiger charge is 2.27. The topological polar surface area (TPSA) is 57.4 Å². The molecule has 5 rings (SSSR count). The van der Waals surface area contributed by atoms with E-state index in [1.54, 1.807) is 0 Å². The fourth-order valence-corrected chi connectivity index (χ4v) is 5.29. The molecule has 0 spiro atoms. The van der Waals surface area contributed by atoms with E-state index in [0.717, 1.165) is 60.3 Å². The molecule has 1 aromatic heterocycles. The molecule has 1 atom stereocenters. The standard InChI is InChI=1S/C28H30FN3O2/c1-4-32(5-2)20-10-6-17(7-11-20)21-14-15-24-23-12-8-18-16-19(30-28(33)34-3)9-13-22(18)26(23)31-27(24)25(21)29/h6-7,9-11,13-15,19,31H,4-5,8,12,16H2,1-3H3,(H,30,33). The quantitative estimate of drug-likeness (QED) is 0.477. The van der Waals surface area contributed by atoms with E-state index < -0.39 is 6.09 Å². The largest absolute Gasteiger partial charge is 0.453 e. The molecule has 2 aliphatic carbocycles. The molecule has 6 heteroatoms. The van der Waals surface area contributed by atoms with Crippen LogP contribution < -0.4 is 10.2 Å². The van der Waals surface area contributed by atoms with Crippen molar-refractivity contribution in [2.75, 3.05) is 25.1 Å². The Balaban J connectivity index is 1.48. The van der Waals surface area contributed by atoms with Crippen molar-refractivity contribution in [3.05, 3.63) is 71.2 Å². The number of alkyl carbamates (subject to hydrolysis) is 1. The number of nitrogens with one attached hydrogen (secondary N) is 2. The Morgan fingerprint density at radius 1 is 1.15 bits per heavy atom. The predicted octanol–water partition coefficient (Wildman–Crippen LogP) is 6.20. The van der Waals surface area contributed by atoms with Crippen molar-refractivity contribution in [3.63, 3.8) is 0 Å². The average Bonchev–Trinajstić information content (AvgIpc) is 3.25. The Morgan fingerprint density at radius 2 is 1.91 bits per heavy atom. The number of benzene rings is 2. The minimum atomic E-state index is -0.430. The third kappa shape index (κ3) is 3.77. The van der Waals surface area contributed by atoms with Gasteiger partial charge >= 0.3 is 6.09 Å². The van der Waals surface area contributed by atoms with E-state index >= 15 is 4.39 Å². The van der Waals surface area contributed by atoms with Gasteiger partial charge in [0.05, 0.1) is 18.7 Å². The van der Waals surface area contributed by atoms with E-state index in [9.17, 15) is 4.79 Å². The second-order valence-corrected chi connectivity index (χ2v) is 8.87. The second kappa shape index (κ2) is 9.01. The number of fused-ring (bicyclic) bond motifs is 4. The SMILES string of the molecule is CCN(CC)c1ccc(-c2ccc3c4c([nH]c3c2F)C2=C(CC4)CC(NC(=O)OC)C=C2)cc1. The number of ether oxygens (including phenoxy) is 1. The molecule has 0 fully saturated rings. The van der Waals surface area contributed by atoms with Gasteiger partial charge in [-0.25, -0.2) is 9.18 Å². The van der Waals surface area contributed by atoms with E-state index in [1.807, 2.05) is 36.4 Å². The molecule has 1 unspecified atom stereocenters. The van der Waals surface area contributed by atoms with Crippen LogP contribution in [-0.4, -0.2) is 37.3 Å². The Kier molecular flexibility index (Phi) is 5.90. The summed E-state index contributed by atoms with van der Waals surface area (Å²) in [5.74, 6) is -0.213. The summed E-state index contributed by atoms with van der Waals surface area (Å²) in [6, 6.07) is 12.0. The minimum Gasteiger partial charge on any atom is -0.453 e. The zero-order valence-corrected chi connectivity index (χ0v) is 19.9. The van der Waals surface area contributed by atoms with E-state index in [2.05, 4.69) is 41.2 Å². The van der Waals surface area contributed by atoms with E-state index in [-0.39, 0.29) is 11.9 Å². The number of aromatic amines is 1. The summed E-state index contributed by atoms with van der Waals surface area (Å²) in [6.45, 7) is 6.15. The smallest absolute Gasteiger partial charge is 0.407 e. The predicted molar refractivity (Wildman–Crippen MR) is 136 cm³/mol. The van der Waals surface area contributed by atoms with Gasteiger partial charge in [-0.05, 0) is 61.9 Å².